The van der Waals surface area contributed by atoms with Crippen molar-refractivity contribution in [3.8, 4) is 0 Å². The molecule has 3 rings (SSSR count). The van der Waals surface area contributed by atoms with Crippen LogP contribution in [0.25, 0.3) is 0 Å². The standard InChI is InChI=1S/C19H21FN4O/c20-18(15-4-1-5-16(17(15)21)19(22)25)24-14-8-6-12(7-9-14)13-3-2-10-23-11-13/h1,4-9,13,23H,2-3,10-11,21H2,(H2,22,25). The summed E-state index contributed by atoms with van der Waals surface area (Å²) < 4.78 is 14.5. The van der Waals surface area contributed by atoms with Gasteiger partial charge in [-0.2, -0.15) is 4.39 Å². The lowest BCUT2D eigenvalue weighted by atomic mass is 9.92. The highest BCUT2D eigenvalue weighted by atomic mass is 19.1. The maximum Gasteiger partial charge on any atom is 0.250 e. The third-order valence-corrected chi connectivity index (χ3v) is 4.48. The van der Waals surface area contributed by atoms with Crippen LogP contribution in [-0.4, -0.2) is 25.0 Å². The van der Waals surface area contributed by atoms with Crippen LogP contribution in [0.4, 0.5) is 15.8 Å². The summed E-state index contributed by atoms with van der Waals surface area (Å²) in [5, 5.41) is 3.38. The number of carbonyl (C=O) groups is 1. The number of rotatable bonds is 4. The molecule has 1 unspecified atom stereocenters. The fraction of sp³-hybridized carbons (Fsp3) is 0.263. The molecule has 25 heavy (non-hydrogen) atoms. The number of primary amides is 1. The summed E-state index contributed by atoms with van der Waals surface area (Å²) in [6.45, 7) is 2.03. The van der Waals surface area contributed by atoms with Gasteiger partial charge in [0.2, 0.25) is 5.97 Å². The molecular weight excluding hydrogens is 319 g/mol. The first kappa shape index (κ1) is 17.1. The van der Waals surface area contributed by atoms with Gasteiger partial charge in [-0.3, -0.25) is 4.79 Å². The second-order valence-corrected chi connectivity index (χ2v) is 6.17. The van der Waals surface area contributed by atoms with E-state index in [2.05, 4.69) is 10.3 Å². The first-order valence-corrected chi connectivity index (χ1v) is 8.30. The predicted octanol–water partition coefficient (Wildman–Crippen LogP) is 2.88. The van der Waals surface area contributed by atoms with E-state index in [1.165, 1.54) is 23.8 Å². The Balaban J connectivity index is 1.83. The van der Waals surface area contributed by atoms with Crippen LogP contribution < -0.4 is 16.8 Å². The Kier molecular flexibility index (Phi) is 5.09. The number of benzene rings is 2. The van der Waals surface area contributed by atoms with Crippen LogP contribution in [0.5, 0.6) is 0 Å². The lowest BCUT2D eigenvalue weighted by Crippen LogP contribution is -2.28. The van der Waals surface area contributed by atoms with Crippen molar-refractivity contribution in [1.29, 1.82) is 0 Å². The predicted molar refractivity (Wildman–Crippen MR) is 98.0 cm³/mol. The largest absolute Gasteiger partial charge is 0.397 e. The fourth-order valence-corrected chi connectivity index (χ4v) is 3.09. The van der Waals surface area contributed by atoms with E-state index in [-0.39, 0.29) is 16.8 Å². The number of nitrogens with zero attached hydrogens (tertiary/aromatic N) is 1. The topological polar surface area (TPSA) is 93.5 Å². The van der Waals surface area contributed by atoms with Crippen LogP contribution in [0.3, 0.4) is 0 Å². The number of nitrogens with one attached hydrogen (secondary N) is 1. The smallest absolute Gasteiger partial charge is 0.250 e. The SMILES string of the molecule is NC(=O)c1cccc(C(F)=Nc2ccc(C3CCCNC3)cc2)c1N. The van der Waals surface area contributed by atoms with Gasteiger partial charge in [-0.25, -0.2) is 4.99 Å². The van der Waals surface area contributed by atoms with Gasteiger partial charge >= 0.3 is 0 Å². The van der Waals surface area contributed by atoms with Crippen LogP contribution in [-0.2, 0) is 0 Å². The molecule has 5 N–H and O–H groups in total. The lowest BCUT2D eigenvalue weighted by molar-refractivity contribution is 0.100. The Morgan fingerprint density at radius 1 is 1.16 bits per heavy atom. The molecule has 6 heteroatoms. The molecule has 1 aliphatic heterocycles. The van der Waals surface area contributed by atoms with Gasteiger partial charge in [-0.1, -0.05) is 18.2 Å². The number of hydrogen-bond acceptors (Lipinski definition) is 4. The molecule has 1 heterocycles. The quantitative estimate of drug-likeness (QED) is 0.590. The van der Waals surface area contributed by atoms with Gasteiger partial charge in [-0.15, -0.1) is 0 Å². The number of hydrogen-bond donors (Lipinski definition) is 3. The number of piperidine rings is 1. The van der Waals surface area contributed by atoms with Gasteiger partial charge in [0.25, 0.3) is 5.91 Å². The number of aliphatic imine (C=N–C) groups is 1. The summed E-state index contributed by atoms with van der Waals surface area (Å²) in [4.78, 5) is 15.3. The Hall–Kier alpha value is -2.73. The maximum atomic E-state index is 14.5. The molecule has 1 aliphatic rings. The Morgan fingerprint density at radius 3 is 2.52 bits per heavy atom. The Labute approximate surface area is 145 Å². The summed E-state index contributed by atoms with van der Waals surface area (Å²) in [5.41, 5.74) is 12.9. The number of nitrogens with two attached hydrogens (primary N) is 2. The van der Waals surface area contributed by atoms with Crippen LogP contribution in [0.1, 0.15) is 40.2 Å². The number of amides is 1. The number of nitrogen functional groups attached to an aromatic ring is 1. The zero-order valence-electron chi connectivity index (χ0n) is 13.8. The molecule has 5 nitrogen and oxygen atoms in total. The molecule has 0 aromatic heterocycles. The fourth-order valence-electron chi connectivity index (χ4n) is 3.09. The molecule has 0 aliphatic carbocycles. The average Bonchev–Trinajstić information content (AvgIpc) is 2.63. The summed E-state index contributed by atoms with van der Waals surface area (Å²) >= 11 is 0. The minimum atomic E-state index is -0.743. The molecule has 0 bridgehead atoms. The van der Waals surface area contributed by atoms with Crippen molar-refractivity contribution < 1.29 is 9.18 Å². The van der Waals surface area contributed by atoms with E-state index in [1.807, 2.05) is 12.1 Å². The minimum Gasteiger partial charge on any atom is -0.397 e. The number of anilines is 1. The third kappa shape index (κ3) is 3.85. The van der Waals surface area contributed by atoms with E-state index >= 15 is 0 Å². The zero-order valence-corrected chi connectivity index (χ0v) is 13.8. The molecule has 1 saturated heterocycles. The van der Waals surface area contributed by atoms with E-state index in [9.17, 15) is 9.18 Å². The Bertz CT molecular complexity index is 796. The van der Waals surface area contributed by atoms with E-state index in [0.717, 1.165) is 25.9 Å². The highest BCUT2D eigenvalue weighted by Crippen LogP contribution is 2.26. The molecule has 1 fully saturated rings. The summed E-state index contributed by atoms with van der Waals surface area (Å²) in [6, 6.07) is 12.0. The molecule has 2 aromatic carbocycles. The minimum absolute atomic E-state index is 0.00106. The molecule has 0 radical (unpaired) electrons. The average molecular weight is 340 g/mol. The molecule has 1 atom stereocenters. The van der Waals surface area contributed by atoms with Gasteiger partial charge in [0, 0.05) is 6.54 Å². The summed E-state index contributed by atoms with van der Waals surface area (Å²) in [7, 11) is 0. The van der Waals surface area contributed by atoms with Crippen LogP contribution >= 0.6 is 0 Å². The van der Waals surface area contributed by atoms with Crippen molar-refractivity contribution in [3.63, 3.8) is 0 Å². The van der Waals surface area contributed by atoms with Crippen molar-refractivity contribution >= 4 is 23.2 Å². The maximum absolute atomic E-state index is 14.5. The van der Waals surface area contributed by atoms with Gasteiger partial charge in [0.1, 0.15) is 0 Å². The van der Waals surface area contributed by atoms with E-state index in [4.69, 9.17) is 11.5 Å². The van der Waals surface area contributed by atoms with Gasteiger partial charge in [0.15, 0.2) is 0 Å². The van der Waals surface area contributed by atoms with E-state index in [0.29, 0.717) is 11.6 Å². The molecule has 1 amide bonds. The number of carbonyl (C=O) groups excluding carboxylic acids is 1. The van der Waals surface area contributed by atoms with Crippen LogP contribution in [0.15, 0.2) is 47.5 Å². The number of para-hydroxylation sites is 1. The van der Waals surface area contributed by atoms with Crippen molar-refractivity contribution in [2.75, 3.05) is 18.8 Å². The van der Waals surface area contributed by atoms with Gasteiger partial charge in [0.05, 0.1) is 22.5 Å². The molecule has 0 saturated carbocycles. The van der Waals surface area contributed by atoms with Crippen molar-refractivity contribution in [2.45, 2.75) is 18.8 Å². The second kappa shape index (κ2) is 7.44. The third-order valence-electron chi connectivity index (χ3n) is 4.48. The van der Waals surface area contributed by atoms with E-state index in [1.54, 1.807) is 12.1 Å². The first-order chi connectivity index (χ1) is 12.1. The molecule has 130 valence electrons. The molecule has 2 aromatic rings. The highest BCUT2D eigenvalue weighted by Gasteiger charge is 2.16. The van der Waals surface area contributed by atoms with Gasteiger partial charge < -0.3 is 16.8 Å². The van der Waals surface area contributed by atoms with Crippen LogP contribution in [0, 0.1) is 0 Å². The van der Waals surface area contributed by atoms with Gasteiger partial charge in [-0.05, 0) is 55.1 Å². The van der Waals surface area contributed by atoms with Crippen molar-refractivity contribution in [2.24, 2.45) is 10.7 Å². The highest BCUT2D eigenvalue weighted by molar-refractivity contribution is 6.06. The normalized spacial score (nSPS) is 18.1. The van der Waals surface area contributed by atoms with Crippen molar-refractivity contribution in [3.05, 3.63) is 59.2 Å². The second-order valence-electron chi connectivity index (χ2n) is 6.17. The zero-order chi connectivity index (χ0) is 17.8. The monoisotopic (exact) mass is 340 g/mol. The lowest BCUT2D eigenvalue weighted by Gasteiger charge is -2.23. The Morgan fingerprint density at radius 2 is 1.88 bits per heavy atom. The molecular formula is C19H21FN4O. The van der Waals surface area contributed by atoms with Crippen LogP contribution in [0.2, 0.25) is 0 Å². The van der Waals surface area contributed by atoms with E-state index < -0.39 is 11.9 Å². The number of halogens is 1. The summed E-state index contributed by atoms with van der Waals surface area (Å²) in [6.07, 6.45) is 2.31. The first-order valence-electron chi connectivity index (χ1n) is 8.30. The molecule has 0 spiro atoms. The van der Waals surface area contributed by atoms with Crippen molar-refractivity contribution in [1.82, 2.24) is 5.32 Å². The summed E-state index contributed by atoms with van der Waals surface area (Å²) in [5.74, 6) is -0.954.